The number of aryl methyl sites for hydroxylation is 2. The van der Waals surface area contributed by atoms with Crippen molar-refractivity contribution in [1.82, 2.24) is 9.97 Å². The standard InChI is InChI=1S/C29H23N3OS/c33-28(32-29-31-25-12-6-7-13-27(25)34-29)23-18-26(30-24-11-5-4-10-22(23)24)21-16-14-20(15-17-21)19-8-2-1-3-9-19/h1-5,8-11,14-18H,6-7,12-13H2,(H,31,32,33). The molecule has 1 N–H and O–H groups in total. The number of pyridine rings is 1. The van der Waals surface area contributed by atoms with Crippen LogP contribution >= 0.6 is 11.3 Å². The minimum Gasteiger partial charge on any atom is -0.298 e. The van der Waals surface area contributed by atoms with Crippen LogP contribution in [0.5, 0.6) is 0 Å². The van der Waals surface area contributed by atoms with Crippen LogP contribution in [0.1, 0.15) is 33.8 Å². The molecule has 3 aromatic carbocycles. The van der Waals surface area contributed by atoms with Gasteiger partial charge in [0.2, 0.25) is 0 Å². The van der Waals surface area contributed by atoms with Gasteiger partial charge in [0.15, 0.2) is 5.13 Å². The summed E-state index contributed by atoms with van der Waals surface area (Å²) in [5.74, 6) is -0.146. The topological polar surface area (TPSA) is 54.9 Å². The molecule has 0 aliphatic heterocycles. The average molecular weight is 462 g/mol. The summed E-state index contributed by atoms with van der Waals surface area (Å²) < 4.78 is 0. The highest BCUT2D eigenvalue weighted by molar-refractivity contribution is 7.15. The zero-order chi connectivity index (χ0) is 22.9. The number of carbonyl (C=O) groups is 1. The first-order valence-corrected chi connectivity index (χ1v) is 12.4. The van der Waals surface area contributed by atoms with Crippen molar-refractivity contribution in [3.8, 4) is 22.4 Å². The largest absolute Gasteiger partial charge is 0.298 e. The zero-order valence-corrected chi connectivity index (χ0v) is 19.4. The van der Waals surface area contributed by atoms with Crippen molar-refractivity contribution in [1.29, 1.82) is 0 Å². The molecule has 0 unspecified atom stereocenters. The normalized spacial score (nSPS) is 12.9. The molecule has 0 spiro atoms. The molecule has 0 fully saturated rings. The first kappa shape index (κ1) is 20.8. The third-order valence-corrected chi connectivity index (χ3v) is 7.39. The van der Waals surface area contributed by atoms with Crippen LogP contribution < -0.4 is 5.32 Å². The Balaban J connectivity index is 1.36. The SMILES string of the molecule is O=C(Nc1nc2c(s1)CCCC2)c1cc(-c2ccc(-c3ccccc3)cc2)nc2ccccc12. The number of benzene rings is 3. The summed E-state index contributed by atoms with van der Waals surface area (Å²) in [5, 5.41) is 4.58. The van der Waals surface area contributed by atoms with Crippen molar-refractivity contribution in [3.05, 3.63) is 101 Å². The molecule has 0 radical (unpaired) electrons. The first-order valence-electron chi connectivity index (χ1n) is 11.6. The van der Waals surface area contributed by atoms with E-state index in [1.165, 1.54) is 23.3 Å². The summed E-state index contributed by atoms with van der Waals surface area (Å²) in [6, 6.07) is 28.3. The zero-order valence-electron chi connectivity index (χ0n) is 18.6. The highest BCUT2D eigenvalue weighted by Crippen LogP contribution is 2.31. The Bertz CT molecular complexity index is 1470. The van der Waals surface area contributed by atoms with Gasteiger partial charge in [-0.15, -0.1) is 11.3 Å². The molecule has 6 rings (SSSR count). The highest BCUT2D eigenvalue weighted by atomic mass is 32.1. The molecule has 2 aromatic heterocycles. The molecule has 2 heterocycles. The summed E-state index contributed by atoms with van der Waals surface area (Å²) in [6.07, 6.45) is 4.43. The van der Waals surface area contributed by atoms with Crippen molar-refractivity contribution in [2.45, 2.75) is 25.7 Å². The van der Waals surface area contributed by atoms with Crippen molar-refractivity contribution in [2.24, 2.45) is 0 Å². The monoisotopic (exact) mass is 461 g/mol. The van der Waals surface area contributed by atoms with Gasteiger partial charge in [0.25, 0.3) is 5.91 Å². The molecule has 0 atom stereocenters. The van der Waals surface area contributed by atoms with Crippen LogP contribution in [0, 0.1) is 0 Å². The van der Waals surface area contributed by atoms with E-state index in [-0.39, 0.29) is 5.91 Å². The van der Waals surface area contributed by atoms with Gasteiger partial charge in [-0.25, -0.2) is 9.97 Å². The van der Waals surface area contributed by atoms with Gasteiger partial charge in [-0.1, -0.05) is 72.8 Å². The van der Waals surface area contributed by atoms with Crippen molar-refractivity contribution in [3.63, 3.8) is 0 Å². The Morgan fingerprint density at radius 2 is 1.47 bits per heavy atom. The maximum absolute atomic E-state index is 13.4. The first-order chi connectivity index (χ1) is 16.7. The summed E-state index contributed by atoms with van der Waals surface area (Å²) in [5.41, 5.74) is 6.63. The fourth-order valence-corrected chi connectivity index (χ4v) is 5.59. The third kappa shape index (κ3) is 3.99. The van der Waals surface area contributed by atoms with E-state index in [0.29, 0.717) is 10.7 Å². The van der Waals surface area contributed by atoms with Gasteiger partial charge < -0.3 is 0 Å². The lowest BCUT2D eigenvalue weighted by Gasteiger charge is -2.10. The minimum absolute atomic E-state index is 0.146. The molecular weight excluding hydrogens is 438 g/mol. The fraction of sp³-hybridized carbons (Fsp3) is 0.138. The highest BCUT2D eigenvalue weighted by Gasteiger charge is 2.19. The van der Waals surface area contributed by atoms with E-state index in [2.05, 4.69) is 46.7 Å². The van der Waals surface area contributed by atoms with Crippen LogP contribution in [0.25, 0.3) is 33.3 Å². The number of nitrogens with one attached hydrogen (secondary N) is 1. The fourth-order valence-electron chi connectivity index (χ4n) is 4.55. The lowest BCUT2D eigenvalue weighted by atomic mass is 10.0. The Hall–Kier alpha value is -3.83. The number of aromatic nitrogens is 2. The second-order valence-electron chi connectivity index (χ2n) is 8.57. The molecule has 4 nitrogen and oxygen atoms in total. The van der Waals surface area contributed by atoms with Gasteiger partial charge in [-0.3, -0.25) is 10.1 Å². The van der Waals surface area contributed by atoms with Crippen LogP contribution in [0.2, 0.25) is 0 Å². The minimum atomic E-state index is -0.146. The number of thiazole rings is 1. The summed E-state index contributed by atoms with van der Waals surface area (Å²) in [6.45, 7) is 0. The van der Waals surface area contributed by atoms with Gasteiger partial charge in [-0.05, 0) is 48.9 Å². The summed E-state index contributed by atoms with van der Waals surface area (Å²) >= 11 is 1.61. The second-order valence-corrected chi connectivity index (χ2v) is 9.65. The summed E-state index contributed by atoms with van der Waals surface area (Å²) in [4.78, 5) is 24.2. The quantitative estimate of drug-likeness (QED) is 0.309. The Kier molecular flexibility index (Phi) is 5.40. The molecule has 0 saturated heterocycles. The van der Waals surface area contributed by atoms with Crippen LogP contribution in [0.3, 0.4) is 0 Å². The van der Waals surface area contributed by atoms with Gasteiger partial charge in [0.05, 0.1) is 22.5 Å². The number of rotatable bonds is 4. The third-order valence-electron chi connectivity index (χ3n) is 6.31. The molecule has 166 valence electrons. The van der Waals surface area contributed by atoms with E-state index in [9.17, 15) is 4.79 Å². The summed E-state index contributed by atoms with van der Waals surface area (Å²) in [7, 11) is 0. The Labute approximate surface area is 202 Å². The van der Waals surface area contributed by atoms with Crippen LogP contribution in [0.15, 0.2) is 84.9 Å². The molecule has 1 aliphatic rings. The Morgan fingerprint density at radius 3 is 2.29 bits per heavy atom. The number of hydrogen-bond donors (Lipinski definition) is 1. The lowest BCUT2D eigenvalue weighted by Crippen LogP contribution is -2.13. The number of anilines is 1. The number of para-hydroxylation sites is 1. The van der Waals surface area contributed by atoms with E-state index < -0.39 is 0 Å². The molecule has 5 heteroatoms. The maximum atomic E-state index is 13.4. The second kappa shape index (κ2) is 8.84. The van der Waals surface area contributed by atoms with E-state index >= 15 is 0 Å². The van der Waals surface area contributed by atoms with E-state index in [0.717, 1.165) is 46.3 Å². The van der Waals surface area contributed by atoms with Crippen molar-refractivity contribution >= 4 is 33.3 Å². The molecule has 34 heavy (non-hydrogen) atoms. The number of hydrogen-bond acceptors (Lipinski definition) is 4. The predicted molar refractivity (Wildman–Crippen MR) is 139 cm³/mol. The number of amides is 1. The molecule has 0 bridgehead atoms. The smallest absolute Gasteiger partial charge is 0.258 e. The van der Waals surface area contributed by atoms with Gasteiger partial charge in [-0.2, -0.15) is 0 Å². The molecule has 1 amide bonds. The average Bonchev–Trinajstić information content (AvgIpc) is 3.31. The lowest BCUT2D eigenvalue weighted by molar-refractivity contribution is 0.102. The molecular formula is C29H23N3OS. The van der Waals surface area contributed by atoms with Crippen molar-refractivity contribution < 1.29 is 4.79 Å². The maximum Gasteiger partial charge on any atom is 0.258 e. The Morgan fingerprint density at radius 1 is 0.765 bits per heavy atom. The van der Waals surface area contributed by atoms with Gasteiger partial charge in [0.1, 0.15) is 0 Å². The van der Waals surface area contributed by atoms with Crippen LogP contribution in [-0.4, -0.2) is 15.9 Å². The molecule has 1 aliphatic carbocycles. The van der Waals surface area contributed by atoms with Gasteiger partial charge in [0, 0.05) is 15.8 Å². The number of fused-ring (bicyclic) bond motifs is 2. The van der Waals surface area contributed by atoms with Gasteiger partial charge >= 0.3 is 0 Å². The van der Waals surface area contributed by atoms with E-state index in [4.69, 9.17) is 4.98 Å². The number of carbonyl (C=O) groups excluding carboxylic acids is 1. The molecule has 5 aromatic rings. The van der Waals surface area contributed by atoms with E-state index in [1.54, 1.807) is 11.3 Å². The van der Waals surface area contributed by atoms with Crippen LogP contribution in [0.4, 0.5) is 5.13 Å². The number of nitrogens with zero attached hydrogens (tertiary/aromatic N) is 2. The van der Waals surface area contributed by atoms with E-state index in [1.807, 2.05) is 48.5 Å². The predicted octanol–water partition coefficient (Wildman–Crippen LogP) is 7.16. The molecule has 0 saturated carbocycles. The van der Waals surface area contributed by atoms with Crippen LogP contribution in [-0.2, 0) is 12.8 Å². The van der Waals surface area contributed by atoms with Crippen molar-refractivity contribution in [2.75, 3.05) is 5.32 Å².